The number of nitrogens with zero attached hydrogens (tertiary/aromatic N) is 4. The van der Waals surface area contributed by atoms with Crippen molar-refractivity contribution in [1.82, 2.24) is 19.8 Å². The van der Waals surface area contributed by atoms with Crippen LogP contribution in [0.1, 0.15) is 55.4 Å². The summed E-state index contributed by atoms with van der Waals surface area (Å²) in [6.07, 6.45) is 3.25. The van der Waals surface area contributed by atoms with E-state index in [0.717, 1.165) is 24.6 Å². The molecule has 10 heteroatoms. The summed E-state index contributed by atoms with van der Waals surface area (Å²) < 4.78 is 49.6. The molecule has 0 radical (unpaired) electrons. The number of aryl methyl sites for hydroxylation is 2. The number of ether oxygens (including phenoxy) is 1. The third kappa shape index (κ3) is 5.34. The van der Waals surface area contributed by atoms with Gasteiger partial charge in [-0.05, 0) is 75.3 Å². The fourth-order valence-electron chi connectivity index (χ4n) is 5.30. The van der Waals surface area contributed by atoms with Crippen LogP contribution in [0.5, 0.6) is 5.75 Å². The zero-order valence-electron chi connectivity index (χ0n) is 20.8. The van der Waals surface area contributed by atoms with Gasteiger partial charge < -0.3 is 4.74 Å². The largest absolute Gasteiger partial charge is 0.490 e. The van der Waals surface area contributed by atoms with Crippen LogP contribution in [-0.4, -0.2) is 38.9 Å². The highest BCUT2D eigenvalue weighted by atomic mass is 19.1. The van der Waals surface area contributed by atoms with E-state index in [2.05, 4.69) is 10.2 Å². The molecule has 2 aliphatic rings. The van der Waals surface area contributed by atoms with Crippen molar-refractivity contribution in [3.05, 3.63) is 71.1 Å². The van der Waals surface area contributed by atoms with Crippen LogP contribution in [0.15, 0.2) is 36.4 Å². The normalized spacial score (nSPS) is 21.9. The molecule has 0 N–H and O–H groups in total. The summed E-state index contributed by atoms with van der Waals surface area (Å²) in [5.74, 6) is -0.457. The van der Waals surface area contributed by atoms with E-state index in [1.54, 1.807) is 12.1 Å². The highest BCUT2D eigenvalue weighted by molar-refractivity contribution is 5.78. The first-order chi connectivity index (χ1) is 17.8. The van der Waals surface area contributed by atoms with Crippen molar-refractivity contribution < 1.29 is 27.5 Å². The number of hydroxylamine groups is 2. The number of carbonyl (C=O) groups is 1. The van der Waals surface area contributed by atoms with Crippen molar-refractivity contribution in [2.75, 3.05) is 13.2 Å². The molecule has 1 saturated carbocycles. The molecule has 1 amide bonds. The smallest absolute Gasteiger partial charge is 0.249 e. The second-order valence-corrected chi connectivity index (χ2v) is 9.78. The quantitative estimate of drug-likeness (QED) is 0.441. The molecule has 5 rings (SSSR count). The van der Waals surface area contributed by atoms with Gasteiger partial charge in [-0.1, -0.05) is 0 Å². The molecule has 7 nitrogen and oxygen atoms in total. The third-order valence-electron chi connectivity index (χ3n) is 7.22. The van der Waals surface area contributed by atoms with Crippen LogP contribution in [0.4, 0.5) is 13.2 Å². The van der Waals surface area contributed by atoms with E-state index in [9.17, 15) is 18.0 Å². The summed E-state index contributed by atoms with van der Waals surface area (Å²) in [6.45, 7) is 4.31. The second-order valence-electron chi connectivity index (χ2n) is 9.78. The van der Waals surface area contributed by atoms with Crippen molar-refractivity contribution in [2.45, 2.75) is 52.0 Å². The van der Waals surface area contributed by atoms with Crippen molar-refractivity contribution in [2.24, 2.45) is 11.8 Å². The maximum absolute atomic E-state index is 14.5. The molecule has 37 heavy (non-hydrogen) atoms. The number of rotatable bonds is 6. The fraction of sp³-hybridized carbons (Fsp3) is 0.444. The summed E-state index contributed by atoms with van der Waals surface area (Å²) >= 11 is 0. The van der Waals surface area contributed by atoms with E-state index < -0.39 is 23.5 Å². The van der Waals surface area contributed by atoms with Crippen molar-refractivity contribution in [3.63, 3.8) is 0 Å². The Labute approximate surface area is 213 Å². The molecule has 3 aromatic rings. The molecule has 2 heterocycles. The molecule has 0 spiro atoms. The minimum Gasteiger partial charge on any atom is -0.490 e. The van der Waals surface area contributed by atoms with E-state index in [1.165, 1.54) is 23.3 Å². The highest BCUT2D eigenvalue weighted by Crippen LogP contribution is 2.37. The maximum atomic E-state index is 14.5. The van der Waals surface area contributed by atoms with Crippen LogP contribution in [0.2, 0.25) is 0 Å². The van der Waals surface area contributed by atoms with Gasteiger partial charge in [-0.3, -0.25) is 14.2 Å². The highest BCUT2D eigenvalue weighted by Gasteiger charge is 2.37. The number of halogens is 3. The van der Waals surface area contributed by atoms with E-state index in [-0.39, 0.29) is 23.5 Å². The second kappa shape index (κ2) is 10.5. The number of aromatic nitrogens is 3. The lowest BCUT2D eigenvalue weighted by atomic mass is 9.81. The van der Waals surface area contributed by atoms with E-state index in [1.807, 2.05) is 18.4 Å². The van der Waals surface area contributed by atoms with Gasteiger partial charge in [0.2, 0.25) is 5.91 Å². The summed E-state index contributed by atoms with van der Waals surface area (Å²) in [5.41, 5.74) is 1.12. The van der Waals surface area contributed by atoms with E-state index >= 15 is 0 Å². The molecule has 2 aromatic carbocycles. The average Bonchev–Trinajstić information content (AvgIpc) is 3.49. The third-order valence-corrected chi connectivity index (χ3v) is 7.22. The Morgan fingerprint density at radius 2 is 1.65 bits per heavy atom. The number of carbonyl (C=O) groups excluding carboxylic acids is 1. The molecule has 2 fully saturated rings. The predicted molar refractivity (Wildman–Crippen MR) is 128 cm³/mol. The Bertz CT molecular complexity index is 1250. The van der Waals surface area contributed by atoms with Gasteiger partial charge in [-0.2, -0.15) is 0 Å². The van der Waals surface area contributed by atoms with Crippen LogP contribution in [0.3, 0.4) is 0 Å². The SMILES string of the molecule is Cc1nnc(C)n1-c1ccc(F)c(OCC2CCC(C(=O)N3OCC[C@H]3c3cc(F)cc(F)c3)CC2)c1. The molecule has 0 bridgehead atoms. The number of benzene rings is 2. The van der Waals surface area contributed by atoms with Crippen molar-refractivity contribution >= 4 is 5.91 Å². The molecule has 1 saturated heterocycles. The Hall–Kier alpha value is -3.40. The lowest BCUT2D eigenvalue weighted by molar-refractivity contribution is -0.183. The van der Waals surface area contributed by atoms with Crippen molar-refractivity contribution in [3.8, 4) is 11.4 Å². The standard InChI is InChI=1S/C27H29F3N4O3/c1-16-31-32-17(2)33(16)23-7-8-24(30)26(14-23)36-15-18-3-5-19(6-4-18)27(35)34-25(9-10-37-34)20-11-21(28)13-22(29)12-20/h7-8,11-14,18-19,25H,3-6,9-10,15H2,1-2H3/t18?,19?,25-/m0/s1. The number of amides is 1. The molecule has 1 aliphatic carbocycles. The first kappa shape index (κ1) is 25.3. The fourth-order valence-corrected chi connectivity index (χ4v) is 5.30. The zero-order chi connectivity index (χ0) is 26.1. The minimum absolute atomic E-state index is 0.162. The molecule has 1 atom stereocenters. The van der Waals surface area contributed by atoms with Crippen LogP contribution in [0, 0.1) is 43.1 Å². The van der Waals surface area contributed by atoms with E-state index in [0.29, 0.717) is 49.7 Å². The summed E-state index contributed by atoms with van der Waals surface area (Å²) in [5, 5.41) is 9.39. The van der Waals surface area contributed by atoms with Gasteiger partial charge in [0.05, 0.1) is 24.9 Å². The molecule has 196 valence electrons. The van der Waals surface area contributed by atoms with Gasteiger partial charge in [0, 0.05) is 24.5 Å². The maximum Gasteiger partial charge on any atom is 0.249 e. The number of hydrogen-bond acceptors (Lipinski definition) is 5. The van der Waals surface area contributed by atoms with Crippen LogP contribution < -0.4 is 4.74 Å². The number of hydrogen-bond donors (Lipinski definition) is 0. The first-order valence-electron chi connectivity index (χ1n) is 12.5. The minimum atomic E-state index is -0.677. The lowest BCUT2D eigenvalue weighted by Crippen LogP contribution is -2.37. The van der Waals surface area contributed by atoms with Gasteiger partial charge in [-0.15, -0.1) is 10.2 Å². The topological polar surface area (TPSA) is 69.5 Å². The lowest BCUT2D eigenvalue weighted by Gasteiger charge is -2.32. The Kier molecular flexibility index (Phi) is 7.19. The van der Waals surface area contributed by atoms with Gasteiger partial charge in [0.1, 0.15) is 23.3 Å². The van der Waals surface area contributed by atoms with Crippen LogP contribution in [0.25, 0.3) is 5.69 Å². The monoisotopic (exact) mass is 514 g/mol. The zero-order valence-corrected chi connectivity index (χ0v) is 20.8. The van der Waals surface area contributed by atoms with E-state index in [4.69, 9.17) is 9.57 Å². The Morgan fingerprint density at radius 3 is 2.32 bits per heavy atom. The molecule has 1 aromatic heterocycles. The molecular formula is C27H29F3N4O3. The van der Waals surface area contributed by atoms with Gasteiger partial charge >= 0.3 is 0 Å². The van der Waals surface area contributed by atoms with Crippen LogP contribution in [-0.2, 0) is 9.63 Å². The van der Waals surface area contributed by atoms with Crippen LogP contribution >= 0.6 is 0 Å². The average molecular weight is 515 g/mol. The summed E-state index contributed by atoms with van der Waals surface area (Å²) in [6, 6.07) is 7.48. The summed E-state index contributed by atoms with van der Waals surface area (Å²) in [4.78, 5) is 18.8. The molecule has 1 aliphatic heterocycles. The Balaban J connectivity index is 1.18. The van der Waals surface area contributed by atoms with Crippen molar-refractivity contribution in [1.29, 1.82) is 0 Å². The Morgan fingerprint density at radius 1 is 0.973 bits per heavy atom. The predicted octanol–water partition coefficient (Wildman–Crippen LogP) is 5.39. The van der Waals surface area contributed by atoms with Gasteiger partial charge in [0.15, 0.2) is 11.6 Å². The summed E-state index contributed by atoms with van der Waals surface area (Å²) in [7, 11) is 0. The van der Waals surface area contributed by atoms with Gasteiger partial charge in [0.25, 0.3) is 0 Å². The van der Waals surface area contributed by atoms with Gasteiger partial charge in [-0.25, -0.2) is 18.2 Å². The molecular weight excluding hydrogens is 485 g/mol. The first-order valence-corrected chi connectivity index (χ1v) is 12.5. The molecule has 0 unspecified atom stereocenters.